The summed E-state index contributed by atoms with van der Waals surface area (Å²) >= 11 is 0. The average Bonchev–Trinajstić information content (AvgIpc) is 2.50. The van der Waals surface area contributed by atoms with E-state index in [2.05, 4.69) is 20.8 Å². The number of aryl methyl sites for hydroxylation is 2. The van der Waals surface area contributed by atoms with Crippen LogP contribution in [0.1, 0.15) is 50.3 Å². The maximum absolute atomic E-state index is 13.6. The highest BCUT2D eigenvalue weighted by Crippen LogP contribution is 2.29. The third-order valence-electron chi connectivity index (χ3n) is 3.81. The molecule has 0 aliphatic heterocycles. The predicted octanol–water partition coefficient (Wildman–Crippen LogP) is 6.01. The Balaban J connectivity index is 2.33. The number of benzene rings is 2. The highest BCUT2D eigenvalue weighted by atomic mass is 19.2. The zero-order valence-corrected chi connectivity index (χ0v) is 13.5. The van der Waals surface area contributed by atoms with Crippen LogP contribution in [0.15, 0.2) is 30.3 Å². The van der Waals surface area contributed by atoms with Gasteiger partial charge in [0, 0.05) is 6.07 Å². The minimum atomic E-state index is -0.871. The summed E-state index contributed by atoms with van der Waals surface area (Å²) in [5.74, 6) is -0.244. The summed E-state index contributed by atoms with van der Waals surface area (Å²) in [6, 6.07) is 8.54. The van der Waals surface area contributed by atoms with Crippen molar-refractivity contribution in [2.75, 3.05) is 0 Å². The summed E-state index contributed by atoms with van der Waals surface area (Å²) in [7, 11) is 0. The van der Waals surface area contributed by atoms with E-state index in [0.29, 0.717) is 29.4 Å². The van der Waals surface area contributed by atoms with Crippen LogP contribution in [0.5, 0.6) is 11.5 Å². The van der Waals surface area contributed by atoms with E-state index in [0.717, 1.165) is 12.5 Å². The van der Waals surface area contributed by atoms with E-state index in [1.807, 2.05) is 18.2 Å². The lowest BCUT2D eigenvalue weighted by atomic mass is 9.95. The highest BCUT2D eigenvalue weighted by Gasteiger charge is 2.12. The van der Waals surface area contributed by atoms with E-state index in [9.17, 15) is 8.78 Å². The lowest BCUT2D eigenvalue weighted by Gasteiger charge is -2.14. The fourth-order valence-corrected chi connectivity index (χ4v) is 2.59. The van der Waals surface area contributed by atoms with Crippen molar-refractivity contribution in [1.82, 2.24) is 0 Å². The smallest absolute Gasteiger partial charge is 0.162 e. The normalized spacial score (nSPS) is 11.0. The van der Waals surface area contributed by atoms with Crippen molar-refractivity contribution in [2.45, 2.75) is 46.5 Å². The van der Waals surface area contributed by atoms with Crippen LogP contribution in [-0.2, 0) is 12.8 Å². The Hall–Kier alpha value is -1.90. The standard InChI is InChI=1S/C19H22F2O/c1-5-13-9-15(7-8-17(13)12(3)4)22-16-10-14(6-2)19(21)18(20)11-16/h7-12H,5-6H2,1-4H3. The second-order valence-corrected chi connectivity index (χ2v) is 5.70. The quantitative estimate of drug-likeness (QED) is 0.657. The van der Waals surface area contributed by atoms with Crippen LogP contribution in [0, 0.1) is 11.6 Å². The molecule has 0 fully saturated rings. The average molecular weight is 304 g/mol. The fraction of sp³-hybridized carbons (Fsp3) is 0.368. The van der Waals surface area contributed by atoms with E-state index >= 15 is 0 Å². The molecule has 2 aromatic rings. The number of hydrogen-bond donors (Lipinski definition) is 0. The summed E-state index contributed by atoms with van der Waals surface area (Å²) < 4.78 is 32.9. The first-order valence-electron chi connectivity index (χ1n) is 7.74. The van der Waals surface area contributed by atoms with Gasteiger partial charge in [0.2, 0.25) is 0 Å². The Bertz CT molecular complexity index is 663. The molecule has 0 saturated carbocycles. The Morgan fingerprint density at radius 1 is 0.909 bits per heavy atom. The molecule has 2 aromatic carbocycles. The number of halogens is 2. The zero-order chi connectivity index (χ0) is 16.3. The number of ether oxygens (including phenoxy) is 1. The van der Waals surface area contributed by atoms with Gasteiger partial charge in [-0.3, -0.25) is 0 Å². The first-order valence-corrected chi connectivity index (χ1v) is 7.74. The molecular weight excluding hydrogens is 282 g/mol. The molecule has 3 heteroatoms. The third-order valence-corrected chi connectivity index (χ3v) is 3.81. The molecule has 0 N–H and O–H groups in total. The van der Waals surface area contributed by atoms with Crippen LogP contribution in [0.3, 0.4) is 0 Å². The van der Waals surface area contributed by atoms with Crippen molar-refractivity contribution in [3.63, 3.8) is 0 Å². The van der Waals surface area contributed by atoms with Crippen LogP contribution >= 0.6 is 0 Å². The SMILES string of the molecule is CCc1cc(Oc2cc(F)c(F)c(CC)c2)ccc1C(C)C. The van der Waals surface area contributed by atoms with Crippen molar-refractivity contribution in [1.29, 1.82) is 0 Å². The maximum atomic E-state index is 13.6. The first-order chi connectivity index (χ1) is 10.5. The molecule has 0 atom stereocenters. The van der Waals surface area contributed by atoms with Gasteiger partial charge in [-0.15, -0.1) is 0 Å². The molecule has 22 heavy (non-hydrogen) atoms. The maximum Gasteiger partial charge on any atom is 0.162 e. The van der Waals surface area contributed by atoms with E-state index < -0.39 is 11.6 Å². The molecule has 2 rings (SSSR count). The summed E-state index contributed by atoms with van der Waals surface area (Å²) in [5, 5.41) is 0. The van der Waals surface area contributed by atoms with Crippen LogP contribution in [0.2, 0.25) is 0 Å². The van der Waals surface area contributed by atoms with Crippen LogP contribution in [-0.4, -0.2) is 0 Å². The molecule has 0 saturated heterocycles. The molecule has 0 heterocycles. The Kier molecular flexibility index (Phi) is 5.17. The van der Waals surface area contributed by atoms with E-state index in [1.54, 1.807) is 13.0 Å². The van der Waals surface area contributed by atoms with Crippen LogP contribution < -0.4 is 4.74 Å². The molecule has 0 spiro atoms. The van der Waals surface area contributed by atoms with Gasteiger partial charge in [0.05, 0.1) is 0 Å². The van der Waals surface area contributed by atoms with Gasteiger partial charge in [0.25, 0.3) is 0 Å². The van der Waals surface area contributed by atoms with Gasteiger partial charge in [0.1, 0.15) is 11.5 Å². The molecule has 0 aliphatic carbocycles. The van der Waals surface area contributed by atoms with Gasteiger partial charge in [-0.05, 0) is 53.6 Å². The number of hydrogen-bond acceptors (Lipinski definition) is 1. The monoisotopic (exact) mass is 304 g/mol. The second-order valence-electron chi connectivity index (χ2n) is 5.70. The molecule has 0 aromatic heterocycles. The largest absolute Gasteiger partial charge is 0.457 e. The molecule has 118 valence electrons. The Morgan fingerprint density at radius 2 is 1.55 bits per heavy atom. The molecule has 0 amide bonds. The summed E-state index contributed by atoms with van der Waals surface area (Å²) in [5.41, 5.74) is 2.82. The summed E-state index contributed by atoms with van der Waals surface area (Å²) in [6.07, 6.45) is 1.33. The minimum absolute atomic E-state index is 0.324. The van der Waals surface area contributed by atoms with Crippen molar-refractivity contribution >= 4 is 0 Å². The minimum Gasteiger partial charge on any atom is -0.457 e. The molecule has 0 aliphatic rings. The van der Waals surface area contributed by atoms with Gasteiger partial charge in [-0.25, -0.2) is 8.78 Å². The van der Waals surface area contributed by atoms with E-state index in [-0.39, 0.29) is 0 Å². The zero-order valence-electron chi connectivity index (χ0n) is 13.5. The van der Waals surface area contributed by atoms with Crippen molar-refractivity contribution in [2.24, 2.45) is 0 Å². The lowest BCUT2D eigenvalue weighted by Crippen LogP contribution is -1.98. The molecule has 1 nitrogen and oxygen atoms in total. The second kappa shape index (κ2) is 6.91. The molecular formula is C19H22F2O. The summed E-state index contributed by atoms with van der Waals surface area (Å²) in [6.45, 7) is 8.18. The van der Waals surface area contributed by atoms with Crippen molar-refractivity contribution < 1.29 is 13.5 Å². The first kappa shape index (κ1) is 16.5. The fourth-order valence-electron chi connectivity index (χ4n) is 2.59. The molecule has 0 radical (unpaired) electrons. The van der Waals surface area contributed by atoms with E-state index in [1.165, 1.54) is 11.1 Å². The van der Waals surface area contributed by atoms with Gasteiger partial charge in [0.15, 0.2) is 11.6 Å². The summed E-state index contributed by atoms with van der Waals surface area (Å²) in [4.78, 5) is 0. The number of rotatable bonds is 5. The topological polar surface area (TPSA) is 9.23 Å². The third kappa shape index (κ3) is 3.46. The Labute approximate surface area is 130 Å². The Morgan fingerprint density at radius 3 is 2.14 bits per heavy atom. The predicted molar refractivity (Wildman–Crippen MR) is 85.7 cm³/mol. The van der Waals surface area contributed by atoms with Crippen LogP contribution in [0.25, 0.3) is 0 Å². The lowest BCUT2D eigenvalue weighted by molar-refractivity contribution is 0.456. The van der Waals surface area contributed by atoms with Crippen molar-refractivity contribution in [3.8, 4) is 11.5 Å². The highest BCUT2D eigenvalue weighted by molar-refractivity contribution is 5.41. The molecule has 0 unspecified atom stereocenters. The molecule has 0 bridgehead atoms. The van der Waals surface area contributed by atoms with Gasteiger partial charge < -0.3 is 4.74 Å². The van der Waals surface area contributed by atoms with Crippen molar-refractivity contribution in [3.05, 3.63) is 58.7 Å². The van der Waals surface area contributed by atoms with Gasteiger partial charge in [-0.1, -0.05) is 33.8 Å². The van der Waals surface area contributed by atoms with Gasteiger partial charge >= 0.3 is 0 Å². The van der Waals surface area contributed by atoms with Crippen LogP contribution in [0.4, 0.5) is 8.78 Å². The van der Waals surface area contributed by atoms with E-state index in [4.69, 9.17) is 4.74 Å². The van der Waals surface area contributed by atoms with Gasteiger partial charge in [-0.2, -0.15) is 0 Å².